The first-order valence-corrected chi connectivity index (χ1v) is 12.7. The number of aliphatic hydroxyl groups excluding tert-OH is 1. The zero-order valence-corrected chi connectivity index (χ0v) is 22.5. The fourth-order valence-electron chi connectivity index (χ4n) is 4.03. The Morgan fingerprint density at radius 1 is 1.00 bits per heavy atom. The molecule has 0 unspecified atom stereocenters. The lowest BCUT2D eigenvalue weighted by Gasteiger charge is -2.29. The van der Waals surface area contributed by atoms with Crippen LogP contribution in [0.25, 0.3) is 11.1 Å². The topological polar surface area (TPSA) is 87.1 Å². The van der Waals surface area contributed by atoms with Crippen LogP contribution in [0.5, 0.6) is 0 Å². The van der Waals surface area contributed by atoms with Crippen molar-refractivity contribution in [3.63, 3.8) is 0 Å². The van der Waals surface area contributed by atoms with Gasteiger partial charge in [-0.1, -0.05) is 60.1 Å². The normalized spacial score (nSPS) is 12.2. The molecule has 0 aromatic heterocycles. The molecule has 0 spiro atoms. The highest BCUT2D eigenvalue weighted by molar-refractivity contribution is 6.30. The number of carbonyl (C=O) groups is 2. The first kappa shape index (κ1) is 28.2. The van der Waals surface area contributed by atoms with Crippen LogP contribution in [0.1, 0.15) is 60.3 Å². The van der Waals surface area contributed by atoms with E-state index in [-0.39, 0.29) is 6.54 Å². The number of nitrogens with zero attached hydrogens (tertiary/aromatic N) is 1. The number of benzene rings is 3. The van der Waals surface area contributed by atoms with Crippen LogP contribution in [0.2, 0.25) is 5.02 Å². The summed E-state index contributed by atoms with van der Waals surface area (Å²) in [4.78, 5) is 25.7. The molecule has 37 heavy (non-hydrogen) atoms. The molecular formula is C30H34ClNO5. The summed E-state index contributed by atoms with van der Waals surface area (Å²) in [6.45, 7) is 7.75. The van der Waals surface area contributed by atoms with Crippen molar-refractivity contribution in [2.75, 3.05) is 13.1 Å². The van der Waals surface area contributed by atoms with Crippen LogP contribution in [0.4, 0.5) is 4.79 Å². The number of aryl methyl sites for hydroxylation is 2. The van der Waals surface area contributed by atoms with E-state index in [0.29, 0.717) is 29.1 Å². The van der Waals surface area contributed by atoms with E-state index in [4.69, 9.17) is 16.3 Å². The van der Waals surface area contributed by atoms with Crippen LogP contribution in [0.15, 0.2) is 66.7 Å². The van der Waals surface area contributed by atoms with Crippen LogP contribution in [0.3, 0.4) is 0 Å². The van der Waals surface area contributed by atoms with Gasteiger partial charge in [-0.3, -0.25) is 0 Å². The highest BCUT2D eigenvalue weighted by atomic mass is 35.5. The van der Waals surface area contributed by atoms with Crippen LogP contribution in [0, 0.1) is 6.92 Å². The van der Waals surface area contributed by atoms with E-state index in [0.717, 1.165) is 28.7 Å². The minimum Gasteiger partial charge on any atom is -0.478 e. The average Bonchev–Trinajstić information content (AvgIpc) is 2.82. The molecule has 3 rings (SSSR count). The molecule has 0 aliphatic rings. The number of hydrogen-bond acceptors (Lipinski definition) is 4. The van der Waals surface area contributed by atoms with E-state index in [2.05, 4.69) is 0 Å². The summed E-state index contributed by atoms with van der Waals surface area (Å²) in [5, 5.41) is 20.5. The molecular weight excluding hydrogens is 490 g/mol. The molecule has 2 N–H and O–H groups in total. The third kappa shape index (κ3) is 8.34. The van der Waals surface area contributed by atoms with Crippen molar-refractivity contribution in [1.29, 1.82) is 0 Å². The van der Waals surface area contributed by atoms with Crippen molar-refractivity contribution in [3.05, 3.63) is 94.0 Å². The maximum absolute atomic E-state index is 12.9. The molecule has 1 atom stereocenters. The summed E-state index contributed by atoms with van der Waals surface area (Å²) in [5.74, 6) is -0.931. The SMILES string of the molecule is Cc1cc(-c2ccc(CCCN(C[C@H](O)c3cccc(Cl)c3)C(=O)OC(C)(C)C)cc2)ccc1C(=O)O. The van der Waals surface area contributed by atoms with E-state index in [9.17, 15) is 19.8 Å². The second-order valence-corrected chi connectivity index (χ2v) is 10.6. The molecule has 7 heteroatoms. The number of amides is 1. The van der Waals surface area contributed by atoms with Crippen molar-refractivity contribution in [3.8, 4) is 11.1 Å². The molecule has 1 amide bonds. The van der Waals surface area contributed by atoms with Gasteiger partial charge in [-0.2, -0.15) is 0 Å². The molecule has 0 saturated carbocycles. The zero-order chi connectivity index (χ0) is 27.2. The van der Waals surface area contributed by atoms with Crippen molar-refractivity contribution < 1.29 is 24.5 Å². The maximum Gasteiger partial charge on any atom is 0.410 e. The number of aliphatic hydroxyl groups is 1. The van der Waals surface area contributed by atoms with E-state index in [1.807, 2.05) is 57.2 Å². The Morgan fingerprint density at radius 3 is 2.27 bits per heavy atom. The largest absolute Gasteiger partial charge is 0.478 e. The molecule has 3 aromatic carbocycles. The number of hydrogen-bond donors (Lipinski definition) is 2. The molecule has 6 nitrogen and oxygen atoms in total. The fraction of sp³-hybridized carbons (Fsp3) is 0.333. The van der Waals surface area contributed by atoms with Gasteiger partial charge in [0, 0.05) is 11.6 Å². The highest BCUT2D eigenvalue weighted by Gasteiger charge is 2.24. The number of carbonyl (C=O) groups excluding carboxylic acids is 1. The smallest absolute Gasteiger partial charge is 0.410 e. The van der Waals surface area contributed by atoms with E-state index >= 15 is 0 Å². The van der Waals surface area contributed by atoms with Gasteiger partial charge in [-0.15, -0.1) is 0 Å². The van der Waals surface area contributed by atoms with E-state index in [1.54, 1.807) is 37.3 Å². The quantitative estimate of drug-likeness (QED) is 0.318. The van der Waals surface area contributed by atoms with Gasteiger partial charge in [0.1, 0.15) is 5.60 Å². The molecule has 0 radical (unpaired) electrons. The second kappa shape index (κ2) is 12.3. The lowest BCUT2D eigenvalue weighted by molar-refractivity contribution is 0.0142. The Bertz CT molecular complexity index is 1230. The summed E-state index contributed by atoms with van der Waals surface area (Å²) < 4.78 is 5.57. The van der Waals surface area contributed by atoms with Gasteiger partial charge in [0.15, 0.2) is 0 Å². The summed E-state index contributed by atoms with van der Waals surface area (Å²) in [6, 6.07) is 20.4. The molecule has 196 valence electrons. The van der Waals surface area contributed by atoms with Crippen molar-refractivity contribution >= 4 is 23.7 Å². The van der Waals surface area contributed by atoms with Crippen molar-refractivity contribution in [1.82, 2.24) is 4.90 Å². The Kier molecular flexibility index (Phi) is 9.35. The Morgan fingerprint density at radius 2 is 1.68 bits per heavy atom. The molecule has 0 fully saturated rings. The maximum atomic E-state index is 12.9. The summed E-state index contributed by atoms with van der Waals surface area (Å²) >= 11 is 6.06. The number of rotatable bonds is 9. The number of carboxylic acids is 1. The predicted octanol–water partition coefficient (Wildman–Crippen LogP) is 6.92. The monoisotopic (exact) mass is 523 g/mol. The van der Waals surface area contributed by atoms with Crippen LogP contribution in [-0.4, -0.2) is 45.9 Å². The van der Waals surface area contributed by atoms with Gasteiger partial charge in [0.2, 0.25) is 0 Å². The standard InChI is InChI=1S/C30H34ClNO5/c1-20-17-23(14-15-26(20)28(34)35)22-12-10-21(11-13-22)7-6-16-32(29(36)37-30(2,3)4)19-27(33)24-8-5-9-25(31)18-24/h5,8-15,17-18,27,33H,6-7,16,19H2,1-4H3,(H,34,35)/t27-/m0/s1. The van der Waals surface area contributed by atoms with Gasteiger partial charge < -0.3 is 19.8 Å². The van der Waals surface area contributed by atoms with Crippen molar-refractivity contribution in [2.24, 2.45) is 0 Å². The minimum atomic E-state index is -0.931. The molecule has 0 aliphatic carbocycles. The Balaban J connectivity index is 1.64. The van der Waals surface area contributed by atoms with E-state index in [1.165, 1.54) is 4.90 Å². The highest BCUT2D eigenvalue weighted by Crippen LogP contribution is 2.24. The first-order valence-electron chi connectivity index (χ1n) is 12.3. The summed E-state index contributed by atoms with van der Waals surface area (Å²) in [7, 11) is 0. The third-order valence-corrected chi connectivity index (χ3v) is 6.15. The summed E-state index contributed by atoms with van der Waals surface area (Å²) in [5.41, 5.74) is 4.09. The lowest BCUT2D eigenvalue weighted by Crippen LogP contribution is -2.40. The van der Waals surface area contributed by atoms with Crippen LogP contribution < -0.4 is 0 Å². The molecule has 0 bridgehead atoms. The minimum absolute atomic E-state index is 0.0971. The molecule has 0 heterocycles. The van der Waals surface area contributed by atoms with E-state index < -0.39 is 23.8 Å². The number of ether oxygens (including phenoxy) is 1. The average molecular weight is 524 g/mol. The number of halogens is 1. The Hall–Kier alpha value is -3.35. The predicted molar refractivity (Wildman–Crippen MR) is 146 cm³/mol. The third-order valence-electron chi connectivity index (χ3n) is 5.92. The van der Waals surface area contributed by atoms with Crippen molar-refractivity contribution in [2.45, 2.75) is 52.2 Å². The number of aromatic carboxylic acids is 1. The zero-order valence-electron chi connectivity index (χ0n) is 21.7. The summed E-state index contributed by atoms with van der Waals surface area (Å²) in [6.07, 6.45) is 0.0717. The lowest BCUT2D eigenvalue weighted by atomic mass is 9.98. The van der Waals surface area contributed by atoms with Gasteiger partial charge in [0.05, 0.1) is 18.2 Å². The van der Waals surface area contributed by atoms with Gasteiger partial charge in [-0.05, 0) is 86.6 Å². The van der Waals surface area contributed by atoms with Gasteiger partial charge >= 0.3 is 12.1 Å². The molecule has 0 saturated heterocycles. The first-order chi connectivity index (χ1) is 17.4. The second-order valence-electron chi connectivity index (χ2n) is 10.1. The molecule has 3 aromatic rings. The van der Waals surface area contributed by atoms with Gasteiger partial charge in [0.25, 0.3) is 0 Å². The van der Waals surface area contributed by atoms with Crippen LogP contribution >= 0.6 is 11.6 Å². The number of carboxylic acid groups (broad SMARTS) is 1. The van der Waals surface area contributed by atoms with Gasteiger partial charge in [-0.25, -0.2) is 9.59 Å². The fourth-order valence-corrected chi connectivity index (χ4v) is 4.23. The Labute approximate surface area is 223 Å². The van der Waals surface area contributed by atoms with Crippen LogP contribution in [-0.2, 0) is 11.2 Å². The molecule has 0 aliphatic heterocycles.